The van der Waals surface area contributed by atoms with E-state index in [4.69, 9.17) is 42.6 Å². The summed E-state index contributed by atoms with van der Waals surface area (Å²) >= 11 is 0. The summed E-state index contributed by atoms with van der Waals surface area (Å²) in [7, 11) is 0. The normalized spacial score (nSPS) is 39.4. The second-order valence-corrected chi connectivity index (χ2v) is 17.5. The van der Waals surface area contributed by atoms with Crippen molar-refractivity contribution in [3.8, 4) is 0 Å². The Morgan fingerprint density at radius 2 is 0.841 bits per heavy atom. The van der Waals surface area contributed by atoms with Crippen molar-refractivity contribution >= 4 is 5.97 Å². The minimum absolute atomic E-state index is 0.162. The highest BCUT2D eigenvalue weighted by molar-refractivity contribution is 5.69. The molecular weight excluding hydrogens is 924 g/mol. The summed E-state index contributed by atoms with van der Waals surface area (Å²) in [5, 5.41) is 145. The van der Waals surface area contributed by atoms with Crippen molar-refractivity contribution in [2.24, 2.45) is 0 Å². The predicted molar refractivity (Wildman–Crippen MR) is 234 cm³/mol. The number of aliphatic hydroxyl groups excluding tert-OH is 14. The van der Waals surface area contributed by atoms with Gasteiger partial charge in [-0.2, -0.15) is 0 Å². The Bertz CT molecular complexity index is 1520. The first-order valence-corrected chi connectivity index (χ1v) is 23.6. The zero-order valence-corrected chi connectivity index (χ0v) is 38.7. The summed E-state index contributed by atoms with van der Waals surface area (Å²) in [6.07, 6.45) is -14.5. The van der Waals surface area contributed by atoms with Crippen LogP contribution in [-0.4, -0.2) is 246 Å². The molecule has 4 heterocycles. The number of rotatable bonds is 28. The van der Waals surface area contributed by atoms with Gasteiger partial charge in [0.2, 0.25) is 0 Å². The van der Waals surface area contributed by atoms with E-state index in [0.717, 1.165) is 51.4 Å². The summed E-state index contributed by atoms with van der Waals surface area (Å²) in [4.78, 5) is 12.2. The highest BCUT2D eigenvalue weighted by Gasteiger charge is 2.50. The molecule has 400 valence electrons. The molecule has 4 fully saturated rings. The molecule has 4 saturated heterocycles. The lowest BCUT2D eigenvalue weighted by Crippen LogP contribution is -2.63. The number of hydrogen-bond acceptors (Lipinski definition) is 24. The zero-order valence-electron chi connectivity index (χ0n) is 38.7. The number of hydrogen-bond donors (Lipinski definition) is 14. The second kappa shape index (κ2) is 30.8. The highest BCUT2D eigenvalue weighted by atomic mass is 16.8. The molecule has 24 nitrogen and oxygen atoms in total. The van der Waals surface area contributed by atoms with Crippen LogP contribution in [0.25, 0.3) is 0 Å². The van der Waals surface area contributed by atoms with Crippen molar-refractivity contribution in [1.82, 2.24) is 0 Å². The molecule has 0 bridgehead atoms. The molecule has 69 heavy (non-hydrogen) atoms. The number of carbonyl (C=O) groups is 1. The molecule has 0 aromatic heterocycles. The lowest BCUT2D eigenvalue weighted by Gasteiger charge is -2.44. The maximum atomic E-state index is 12.2. The summed E-state index contributed by atoms with van der Waals surface area (Å²) in [6.45, 7) is -1.65. The lowest BCUT2D eigenvalue weighted by atomic mass is 9.98. The Hall–Kier alpha value is -2.19. The van der Waals surface area contributed by atoms with Gasteiger partial charge in [0.05, 0.1) is 33.0 Å². The number of unbranched alkanes of at least 4 members (excludes halogenated alkanes) is 5. The smallest absolute Gasteiger partial charge is 0.305 e. The van der Waals surface area contributed by atoms with Gasteiger partial charge >= 0.3 is 5.97 Å². The minimum Gasteiger partial charge on any atom is -0.463 e. The quantitative estimate of drug-likeness (QED) is 0.0201. The van der Waals surface area contributed by atoms with Crippen LogP contribution in [0.15, 0.2) is 36.5 Å². The lowest BCUT2D eigenvalue weighted by molar-refractivity contribution is -0.348. The molecule has 0 aliphatic carbocycles. The largest absolute Gasteiger partial charge is 0.463 e. The Morgan fingerprint density at radius 3 is 1.29 bits per heavy atom. The monoisotopic (exact) mass is 1000 g/mol. The minimum atomic E-state index is -1.93. The molecule has 4 aliphatic heterocycles. The van der Waals surface area contributed by atoms with E-state index >= 15 is 0 Å². The van der Waals surface area contributed by atoms with Crippen LogP contribution < -0.4 is 0 Å². The Kier molecular flexibility index (Phi) is 26.5. The molecule has 14 N–H and O–H groups in total. The Balaban J connectivity index is 1.16. The molecule has 21 atom stereocenters. The molecule has 4 aliphatic rings. The molecular formula is C45H76O24. The van der Waals surface area contributed by atoms with Crippen molar-refractivity contribution < 1.29 is 119 Å². The number of esters is 1. The standard InChI is InChI=1S/C45H76O24/c1-2-3-4-5-6-7-8-9-10-11-12-13-14-15-16-17-29(48)61-19-24(47)20-62-42-39(58)35(54)31(50)26(67-42)22-64-44-41(60)37(56)33(52)28(69-44)23-65-45-40(59)36(55)32(51)27(68-45)21-63-43-38(57)34(53)30(49)25(18-46)66-43/h3-4,6-7,9-10,24-28,30-47,49-60H,2,5,8,11-23H2,1H3/b4-3-,7-6-,10-9-/t24?,25-,26-,27-,28-,30+,31+,32+,33+,34+,35+,36+,37+,38-,39-,40-,41-,42-,43-,44-,45-/m1/s1. The third kappa shape index (κ3) is 18.1. The maximum absolute atomic E-state index is 12.2. The second-order valence-electron chi connectivity index (χ2n) is 17.5. The van der Waals surface area contributed by atoms with Crippen molar-refractivity contribution in [1.29, 1.82) is 0 Å². The van der Waals surface area contributed by atoms with Gasteiger partial charge in [-0.15, -0.1) is 0 Å². The third-order valence-corrected chi connectivity index (χ3v) is 12.0. The van der Waals surface area contributed by atoms with Gasteiger partial charge in [-0.05, 0) is 38.5 Å². The molecule has 0 aromatic carbocycles. The van der Waals surface area contributed by atoms with Gasteiger partial charge in [-0.25, -0.2) is 0 Å². The van der Waals surface area contributed by atoms with Crippen LogP contribution in [0.2, 0.25) is 0 Å². The van der Waals surface area contributed by atoms with Gasteiger partial charge in [0.25, 0.3) is 0 Å². The van der Waals surface area contributed by atoms with E-state index in [0.29, 0.717) is 6.42 Å². The maximum Gasteiger partial charge on any atom is 0.305 e. The van der Waals surface area contributed by atoms with Crippen LogP contribution >= 0.6 is 0 Å². The molecule has 24 heteroatoms. The van der Waals surface area contributed by atoms with Crippen molar-refractivity contribution in [3.05, 3.63) is 36.5 Å². The van der Waals surface area contributed by atoms with E-state index < -0.39 is 175 Å². The van der Waals surface area contributed by atoms with Gasteiger partial charge in [-0.1, -0.05) is 62.6 Å². The molecule has 0 spiro atoms. The van der Waals surface area contributed by atoms with Crippen molar-refractivity contribution in [2.45, 2.75) is 200 Å². The number of ether oxygens (including phenoxy) is 9. The van der Waals surface area contributed by atoms with E-state index in [9.17, 15) is 76.3 Å². The van der Waals surface area contributed by atoms with Gasteiger partial charge < -0.3 is 114 Å². The summed E-state index contributed by atoms with van der Waals surface area (Å²) in [5.41, 5.74) is 0. The first-order chi connectivity index (χ1) is 33.0. The van der Waals surface area contributed by atoms with E-state index in [1.54, 1.807) is 0 Å². The zero-order chi connectivity index (χ0) is 50.6. The van der Waals surface area contributed by atoms with Crippen LogP contribution in [0.3, 0.4) is 0 Å². The topological polar surface area (TPSA) is 383 Å². The van der Waals surface area contributed by atoms with Gasteiger partial charge in [0, 0.05) is 6.42 Å². The average molecular weight is 1000 g/mol. The van der Waals surface area contributed by atoms with Crippen LogP contribution in [0.4, 0.5) is 0 Å². The summed E-state index contributed by atoms with van der Waals surface area (Å²) in [6, 6.07) is 0. The highest BCUT2D eigenvalue weighted by Crippen LogP contribution is 2.29. The number of carbonyl (C=O) groups excluding carboxylic acids is 1. The van der Waals surface area contributed by atoms with E-state index in [-0.39, 0.29) is 6.42 Å². The number of aliphatic hydroxyl groups is 14. The van der Waals surface area contributed by atoms with E-state index in [1.165, 1.54) is 0 Å². The molecule has 0 saturated carbocycles. The fourth-order valence-electron chi connectivity index (χ4n) is 7.75. The van der Waals surface area contributed by atoms with Crippen molar-refractivity contribution in [2.75, 3.05) is 39.6 Å². The van der Waals surface area contributed by atoms with Gasteiger partial charge in [0.15, 0.2) is 25.2 Å². The fourth-order valence-corrected chi connectivity index (χ4v) is 7.75. The molecule has 1 unspecified atom stereocenters. The molecule has 4 rings (SSSR count). The van der Waals surface area contributed by atoms with Crippen LogP contribution in [0.5, 0.6) is 0 Å². The average Bonchev–Trinajstić information content (AvgIpc) is 3.34. The Morgan fingerprint density at radius 1 is 0.464 bits per heavy atom. The van der Waals surface area contributed by atoms with Gasteiger partial charge in [-0.3, -0.25) is 4.79 Å². The van der Waals surface area contributed by atoms with Gasteiger partial charge in [0.1, 0.15) is 110 Å². The fraction of sp³-hybridized carbons (Fsp3) is 0.844. The van der Waals surface area contributed by atoms with Crippen molar-refractivity contribution in [3.63, 3.8) is 0 Å². The predicted octanol–water partition coefficient (Wildman–Crippen LogP) is -4.23. The SMILES string of the molecule is CC/C=C\C/C=C\C/C=C\CCCCCCCC(=O)OCC(O)CO[C@@H]1O[C@H](CO[C@@H]2O[C@H](CO[C@@H]3O[C@H](CO[C@@H]4O[C@H](CO)[C@H](O)[C@H](O)[C@H]4O)[C@H](O)[C@H](O)[C@H]3O)[C@H](O)[C@H](O)[C@H]2O)[C@H](O)[C@H](O)[C@H]1O. The summed E-state index contributed by atoms with van der Waals surface area (Å²) in [5.74, 6) is -0.510. The first kappa shape index (κ1) is 59.4. The molecule has 0 radical (unpaired) electrons. The van der Waals surface area contributed by atoms with E-state index in [2.05, 4.69) is 43.4 Å². The van der Waals surface area contributed by atoms with Crippen LogP contribution in [-0.2, 0) is 47.4 Å². The van der Waals surface area contributed by atoms with Crippen LogP contribution in [0.1, 0.15) is 71.1 Å². The summed E-state index contributed by atoms with van der Waals surface area (Å²) < 4.78 is 49.1. The first-order valence-electron chi connectivity index (χ1n) is 23.6. The molecule has 0 amide bonds. The molecule has 0 aromatic rings. The third-order valence-electron chi connectivity index (χ3n) is 12.0. The van der Waals surface area contributed by atoms with Crippen LogP contribution in [0, 0.1) is 0 Å². The van der Waals surface area contributed by atoms with E-state index in [1.807, 2.05) is 0 Å². The number of allylic oxidation sites excluding steroid dienone is 6. The Labute approximate surface area is 400 Å².